The van der Waals surface area contributed by atoms with Gasteiger partial charge in [-0.25, -0.2) is 17.5 Å². The third-order valence-corrected chi connectivity index (χ3v) is 4.84. The number of nitrogens with one attached hydrogen (secondary N) is 2. The highest BCUT2D eigenvalue weighted by Gasteiger charge is 2.16. The molecule has 0 aliphatic carbocycles. The standard InChI is InChI=1S/C15H13Cl2FN2O3S/c1-9-4-13(2-3-14(9)18)24(22,23)19-8-15(21)20-12-6-10(16)5-11(17)7-12/h2-7,19H,8H2,1H3,(H,20,21). The Balaban J connectivity index is 2.03. The molecule has 0 atom stereocenters. The number of rotatable bonds is 5. The van der Waals surface area contributed by atoms with E-state index in [-0.39, 0.29) is 10.5 Å². The summed E-state index contributed by atoms with van der Waals surface area (Å²) in [5, 5.41) is 3.14. The molecule has 0 aliphatic heterocycles. The van der Waals surface area contributed by atoms with Crippen molar-refractivity contribution < 1.29 is 17.6 Å². The first-order valence-electron chi connectivity index (χ1n) is 6.69. The Morgan fingerprint density at radius 1 is 1.12 bits per heavy atom. The van der Waals surface area contributed by atoms with E-state index in [4.69, 9.17) is 23.2 Å². The molecule has 0 unspecified atom stereocenters. The summed E-state index contributed by atoms with van der Waals surface area (Å²) >= 11 is 11.6. The van der Waals surface area contributed by atoms with E-state index in [1.54, 1.807) is 0 Å². The fourth-order valence-electron chi connectivity index (χ4n) is 1.86. The topological polar surface area (TPSA) is 75.3 Å². The number of aryl methyl sites for hydroxylation is 1. The summed E-state index contributed by atoms with van der Waals surface area (Å²) in [6, 6.07) is 7.81. The number of hydrogen-bond acceptors (Lipinski definition) is 3. The van der Waals surface area contributed by atoms with E-state index in [9.17, 15) is 17.6 Å². The lowest BCUT2D eigenvalue weighted by molar-refractivity contribution is -0.115. The van der Waals surface area contributed by atoms with E-state index in [0.29, 0.717) is 15.7 Å². The number of benzene rings is 2. The van der Waals surface area contributed by atoms with Gasteiger partial charge in [0.1, 0.15) is 5.82 Å². The summed E-state index contributed by atoms with van der Waals surface area (Å²) in [5.74, 6) is -1.11. The van der Waals surface area contributed by atoms with Crippen LogP contribution in [0.5, 0.6) is 0 Å². The molecule has 2 aromatic rings. The first kappa shape index (κ1) is 18.7. The molecule has 128 valence electrons. The predicted octanol–water partition coefficient (Wildman–Crippen LogP) is 3.36. The smallest absolute Gasteiger partial charge is 0.241 e. The molecule has 0 radical (unpaired) electrons. The summed E-state index contributed by atoms with van der Waals surface area (Å²) in [4.78, 5) is 11.7. The third-order valence-electron chi connectivity index (χ3n) is 3.01. The minimum Gasteiger partial charge on any atom is -0.325 e. The van der Waals surface area contributed by atoms with Crippen LogP contribution >= 0.6 is 23.2 Å². The second-order valence-electron chi connectivity index (χ2n) is 4.94. The molecule has 0 spiro atoms. The molecule has 0 saturated carbocycles. The van der Waals surface area contributed by atoms with Gasteiger partial charge in [0.05, 0.1) is 11.4 Å². The highest BCUT2D eigenvalue weighted by molar-refractivity contribution is 7.89. The summed E-state index contributed by atoms with van der Waals surface area (Å²) in [5.41, 5.74) is 0.533. The van der Waals surface area contributed by atoms with Gasteiger partial charge in [-0.15, -0.1) is 0 Å². The number of amides is 1. The Morgan fingerprint density at radius 3 is 2.33 bits per heavy atom. The van der Waals surface area contributed by atoms with Gasteiger partial charge in [0, 0.05) is 15.7 Å². The molecule has 1 amide bonds. The third kappa shape index (κ3) is 4.91. The Morgan fingerprint density at radius 2 is 1.75 bits per heavy atom. The minimum atomic E-state index is -3.93. The van der Waals surface area contributed by atoms with Crippen LogP contribution < -0.4 is 10.0 Å². The molecule has 0 aliphatic rings. The highest BCUT2D eigenvalue weighted by Crippen LogP contribution is 2.22. The van der Waals surface area contributed by atoms with Crippen molar-refractivity contribution in [2.24, 2.45) is 0 Å². The SMILES string of the molecule is Cc1cc(S(=O)(=O)NCC(=O)Nc2cc(Cl)cc(Cl)c2)ccc1F. The van der Waals surface area contributed by atoms with Gasteiger partial charge in [0.2, 0.25) is 15.9 Å². The molecular formula is C15H13Cl2FN2O3S. The van der Waals surface area contributed by atoms with Crippen molar-refractivity contribution in [3.8, 4) is 0 Å². The predicted molar refractivity (Wildman–Crippen MR) is 91.4 cm³/mol. The van der Waals surface area contributed by atoms with Crippen molar-refractivity contribution in [2.45, 2.75) is 11.8 Å². The second kappa shape index (κ2) is 7.48. The molecule has 5 nitrogen and oxygen atoms in total. The zero-order valence-corrected chi connectivity index (χ0v) is 14.8. The quantitative estimate of drug-likeness (QED) is 0.821. The lowest BCUT2D eigenvalue weighted by Crippen LogP contribution is -2.33. The van der Waals surface area contributed by atoms with Crippen LogP contribution in [-0.2, 0) is 14.8 Å². The molecule has 0 aromatic heterocycles. The van der Waals surface area contributed by atoms with Crippen LogP contribution in [-0.4, -0.2) is 20.9 Å². The first-order valence-corrected chi connectivity index (χ1v) is 8.93. The lowest BCUT2D eigenvalue weighted by Gasteiger charge is -2.09. The molecule has 0 bridgehead atoms. The number of carbonyl (C=O) groups excluding carboxylic acids is 1. The van der Waals surface area contributed by atoms with Gasteiger partial charge in [-0.1, -0.05) is 23.2 Å². The lowest BCUT2D eigenvalue weighted by atomic mass is 10.2. The average molecular weight is 391 g/mol. The number of sulfonamides is 1. The van der Waals surface area contributed by atoms with Crippen molar-refractivity contribution in [3.05, 3.63) is 57.8 Å². The normalized spacial score (nSPS) is 11.3. The van der Waals surface area contributed by atoms with Crippen LogP contribution in [0.25, 0.3) is 0 Å². The molecule has 2 N–H and O–H groups in total. The molecule has 0 fully saturated rings. The van der Waals surface area contributed by atoms with Gasteiger partial charge in [-0.2, -0.15) is 0 Å². The zero-order chi connectivity index (χ0) is 17.9. The van der Waals surface area contributed by atoms with Crippen LogP contribution in [0.15, 0.2) is 41.3 Å². The van der Waals surface area contributed by atoms with Crippen LogP contribution in [0.4, 0.5) is 10.1 Å². The van der Waals surface area contributed by atoms with Gasteiger partial charge in [-0.05, 0) is 48.9 Å². The highest BCUT2D eigenvalue weighted by atomic mass is 35.5. The van der Waals surface area contributed by atoms with E-state index in [1.165, 1.54) is 31.2 Å². The molecular weight excluding hydrogens is 378 g/mol. The van der Waals surface area contributed by atoms with Crippen molar-refractivity contribution in [1.82, 2.24) is 4.72 Å². The van der Waals surface area contributed by atoms with Gasteiger partial charge >= 0.3 is 0 Å². The molecule has 0 heterocycles. The van der Waals surface area contributed by atoms with Crippen molar-refractivity contribution in [2.75, 3.05) is 11.9 Å². The molecule has 0 saturated heterocycles. The van der Waals surface area contributed by atoms with Crippen LogP contribution in [0, 0.1) is 12.7 Å². The largest absolute Gasteiger partial charge is 0.325 e. The Bertz CT molecular complexity index is 868. The van der Waals surface area contributed by atoms with Crippen LogP contribution in [0.3, 0.4) is 0 Å². The summed E-state index contributed by atoms with van der Waals surface area (Å²) < 4.78 is 39.6. The summed E-state index contributed by atoms with van der Waals surface area (Å²) in [6.07, 6.45) is 0. The van der Waals surface area contributed by atoms with E-state index in [1.807, 2.05) is 0 Å². The maximum atomic E-state index is 13.2. The zero-order valence-electron chi connectivity index (χ0n) is 12.4. The van der Waals surface area contributed by atoms with Gasteiger partial charge in [-0.3, -0.25) is 4.79 Å². The Kier molecular flexibility index (Phi) is 5.82. The molecule has 24 heavy (non-hydrogen) atoms. The fraction of sp³-hybridized carbons (Fsp3) is 0.133. The number of halogens is 3. The van der Waals surface area contributed by atoms with Gasteiger partial charge < -0.3 is 5.32 Å². The second-order valence-corrected chi connectivity index (χ2v) is 7.58. The summed E-state index contributed by atoms with van der Waals surface area (Å²) in [6.45, 7) is 0.951. The van der Waals surface area contributed by atoms with Gasteiger partial charge in [0.25, 0.3) is 0 Å². The van der Waals surface area contributed by atoms with E-state index < -0.39 is 28.3 Å². The van der Waals surface area contributed by atoms with Crippen LogP contribution in [0.1, 0.15) is 5.56 Å². The molecule has 2 aromatic carbocycles. The van der Waals surface area contributed by atoms with Gasteiger partial charge in [0.15, 0.2) is 0 Å². The molecule has 2 rings (SSSR count). The maximum absolute atomic E-state index is 13.2. The fourth-order valence-corrected chi connectivity index (χ4v) is 3.45. The number of carbonyl (C=O) groups is 1. The van der Waals surface area contributed by atoms with Crippen LogP contribution in [0.2, 0.25) is 10.0 Å². The van der Waals surface area contributed by atoms with Crippen molar-refractivity contribution in [1.29, 1.82) is 0 Å². The van der Waals surface area contributed by atoms with E-state index in [0.717, 1.165) is 12.1 Å². The van der Waals surface area contributed by atoms with E-state index >= 15 is 0 Å². The van der Waals surface area contributed by atoms with Crippen molar-refractivity contribution in [3.63, 3.8) is 0 Å². The Hall–Kier alpha value is -1.67. The minimum absolute atomic E-state index is 0.125. The van der Waals surface area contributed by atoms with E-state index in [2.05, 4.69) is 10.0 Å². The number of hydrogen-bond donors (Lipinski definition) is 2. The first-order chi connectivity index (χ1) is 11.2. The maximum Gasteiger partial charge on any atom is 0.241 e. The Labute approximate surface area is 148 Å². The monoisotopic (exact) mass is 390 g/mol. The van der Waals surface area contributed by atoms with Crippen molar-refractivity contribution >= 4 is 44.8 Å². The average Bonchev–Trinajstić information content (AvgIpc) is 2.47. The summed E-state index contributed by atoms with van der Waals surface area (Å²) in [7, 11) is -3.93. The number of anilines is 1. The molecule has 9 heteroatoms.